The summed E-state index contributed by atoms with van der Waals surface area (Å²) in [4.78, 5) is 16.7. The highest BCUT2D eigenvalue weighted by Gasteiger charge is 2.25. The number of carbonyl (C=O) groups excluding carboxylic acids is 1. The Morgan fingerprint density at radius 1 is 1.03 bits per heavy atom. The number of hydrogen-bond donors (Lipinski definition) is 0. The van der Waals surface area contributed by atoms with E-state index >= 15 is 0 Å². The number of carbonyl (C=O) groups is 1. The van der Waals surface area contributed by atoms with Gasteiger partial charge in [0.25, 0.3) is 0 Å². The zero-order valence-electron chi connectivity index (χ0n) is 19.3. The van der Waals surface area contributed by atoms with E-state index in [-0.39, 0.29) is 29.4 Å². The van der Waals surface area contributed by atoms with Crippen molar-refractivity contribution in [3.8, 4) is 11.4 Å². The summed E-state index contributed by atoms with van der Waals surface area (Å²) in [5.41, 5.74) is 1.34. The number of para-hydroxylation sites is 1. The van der Waals surface area contributed by atoms with Gasteiger partial charge < -0.3 is 14.5 Å². The van der Waals surface area contributed by atoms with E-state index in [9.17, 15) is 13.6 Å². The van der Waals surface area contributed by atoms with Crippen molar-refractivity contribution in [1.82, 2.24) is 19.7 Å². The molecule has 1 atom stereocenters. The monoisotopic (exact) mass is 499 g/mol. The quantitative estimate of drug-likeness (QED) is 0.461. The van der Waals surface area contributed by atoms with Gasteiger partial charge in [-0.3, -0.25) is 9.36 Å². The molecular formula is C25H27F2N5O2S. The predicted octanol–water partition coefficient (Wildman–Crippen LogP) is 3.84. The molecule has 2 aliphatic heterocycles. The maximum atomic E-state index is 14.1. The Kier molecular flexibility index (Phi) is 7.29. The van der Waals surface area contributed by atoms with E-state index in [1.807, 2.05) is 20.4 Å². The van der Waals surface area contributed by atoms with Crippen LogP contribution in [0.15, 0.2) is 53.7 Å². The summed E-state index contributed by atoms with van der Waals surface area (Å²) in [6.07, 6.45) is 2.03. The highest BCUT2D eigenvalue weighted by molar-refractivity contribution is 7.99. The zero-order chi connectivity index (χ0) is 24.2. The molecule has 2 saturated heterocycles. The molecule has 1 amide bonds. The van der Waals surface area contributed by atoms with Crippen molar-refractivity contribution >= 4 is 23.4 Å². The summed E-state index contributed by atoms with van der Waals surface area (Å²) >= 11 is 1.35. The predicted molar refractivity (Wildman–Crippen MR) is 130 cm³/mol. The molecule has 5 rings (SSSR count). The number of rotatable bonds is 7. The van der Waals surface area contributed by atoms with Gasteiger partial charge in [-0.1, -0.05) is 23.9 Å². The Morgan fingerprint density at radius 2 is 1.80 bits per heavy atom. The van der Waals surface area contributed by atoms with E-state index in [1.165, 1.54) is 30.0 Å². The lowest BCUT2D eigenvalue weighted by molar-refractivity contribution is -0.128. The number of nitrogens with zero attached hydrogens (tertiary/aromatic N) is 5. The van der Waals surface area contributed by atoms with E-state index in [0.29, 0.717) is 49.4 Å². The Hall–Kier alpha value is -2.98. The van der Waals surface area contributed by atoms with E-state index < -0.39 is 0 Å². The van der Waals surface area contributed by atoms with E-state index in [0.717, 1.165) is 25.0 Å². The minimum absolute atomic E-state index is 0.0122. The van der Waals surface area contributed by atoms with Crippen LogP contribution in [0.5, 0.6) is 0 Å². The second-order valence-electron chi connectivity index (χ2n) is 8.67. The standard InChI is InChI=1S/C25H27F2N5O2S/c26-19-9-7-18(8-10-19)24-28-29-25(32(24)16-20-4-3-15-34-20)35-17-23(33)31-13-11-30(12-14-31)22-6-2-1-5-21(22)27/h1-2,5-10,20H,3-4,11-17H2. The van der Waals surface area contributed by atoms with Crippen LogP contribution in [0.25, 0.3) is 11.4 Å². The largest absolute Gasteiger partial charge is 0.376 e. The van der Waals surface area contributed by atoms with Crippen LogP contribution in [0.1, 0.15) is 12.8 Å². The molecule has 0 aliphatic carbocycles. The first-order chi connectivity index (χ1) is 17.1. The van der Waals surface area contributed by atoms with Crippen molar-refractivity contribution in [2.75, 3.05) is 43.4 Å². The van der Waals surface area contributed by atoms with Crippen molar-refractivity contribution in [3.05, 3.63) is 60.2 Å². The van der Waals surface area contributed by atoms with Crippen LogP contribution in [0.3, 0.4) is 0 Å². The fraction of sp³-hybridized carbons (Fsp3) is 0.400. The number of halogens is 2. The van der Waals surface area contributed by atoms with Crippen LogP contribution in [-0.4, -0.2) is 70.2 Å². The molecule has 0 N–H and O–H groups in total. The van der Waals surface area contributed by atoms with Gasteiger partial charge in [0.15, 0.2) is 11.0 Å². The Bertz CT molecular complexity index is 1160. The lowest BCUT2D eigenvalue weighted by Crippen LogP contribution is -2.49. The Balaban J connectivity index is 1.24. The number of piperazine rings is 1. The minimum atomic E-state index is -0.311. The summed E-state index contributed by atoms with van der Waals surface area (Å²) in [5, 5.41) is 9.33. The van der Waals surface area contributed by atoms with Gasteiger partial charge in [0.2, 0.25) is 5.91 Å². The third-order valence-corrected chi connectivity index (χ3v) is 7.33. The highest BCUT2D eigenvalue weighted by Crippen LogP contribution is 2.27. The normalized spacial score (nSPS) is 18.3. The van der Waals surface area contributed by atoms with Crippen LogP contribution in [0.2, 0.25) is 0 Å². The second-order valence-corrected chi connectivity index (χ2v) is 9.61. The summed E-state index contributed by atoms with van der Waals surface area (Å²) in [5.74, 6) is 0.319. The summed E-state index contributed by atoms with van der Waals surface area (Å²) in [6, 6.07) is 12.9. The second kappa shape index (κ2) is 10.7. The van der Waals surface area contributed by atoms with E-state index in [4.69, 9.17) is 4.74 Å². The molecule has 35 heavy (non-hydrogen) atoms. The lowest BCUT2D eigenvalue weighted by Gasteiger charge is -2.36. The molecule has 0 radical (unpaired) electrons. The molecule has 3 heterocycles. The van der Waals surface area contributed by atoms with Gasteiger partial charge in [-0.2, -0.15) is 0 Å². The first kappa shape index (κ1) is 23.7. The third-order valence-electron chi connectivity index (χ3n) is 6.38. The Morgan fingerprint density at radius 3 is 2.51 bits per heavy atom. The van der Waals surface area contributed by atoms with Crippen LogP contribution < -0.4 is 4.90 Å². The van der Waals surface area contributed by atoms with Crippen molar-refractivity contribution in [3.63, 3.8) is 0 Å². The average molecular weight is 500 g/mol. The van der Waals surface area contributed by atoms with Gasteiger partial charge in [0.05, 0.1) is 24.1 Å². The van der Waals surface area contributed by atoms with Crippen LogP contribution >= 0.6 is 11.8 Å². The van der Waals surface area contributed by atoms with Gasteiger partial charge in [-0.25, -0.2) is 8.78 Å². The lowest BCUT2D eigenvalue weighted by atomic mass is 10.2. The van der Waals surface area contributed by atoms with Gasteiger partial charge in [0.1, 0.15) is 11.6 Å². The SMILES string of the molecule is O=C(CSc1nnc(-c2ccc(F)cc2)n1CC1CCCO1)N1CCN(c2ccccc2F)CC1. The fourth-order valence-electron chi connectivity index (χ4n) is 4.49. The summed E-state index contributed by atoms with van der Waals surface area (Å²) in [7, 11) is 0. The molecule has 2 fully saturated rings. The first-order valence-corrected chi connectivity index (χ1v) is 12.8. The number of hydrogen-bond acceptors (Lipinski definition) is 6. The number of benzene rings is 2. The topological polar surface area (TPSA) is 63.5 Å². The van der Waals surface area contributed by atoms with Crippen molar-refractivity contribution in [2.45, 2.75) is 30.6 Å². The fourth-order valence-corrected chi connectivity index (χ4v) is 5.34. The van der Waals surface area contributed by atoms with E-state index in [1.54, 1.807) is 24.3 Å². The van der Waals surface area contributed by atoms with Gasteiger partial charge >= 0.3 is 0 Å². The summed E-state index contributed by atoms with van der Waals surface area (Å²) in [6.45, 7) is 3.56. The number of amides is 1. The zero-order valence-corrected chi connectivity index (χ0v) is 20.1. The number of thioether (sulfide) groups is 1. The smallest absolute Gasteiger partial charge is 0.233 e. The maximum absolute atomic E-state index is 14.1. The van der Waals surface area contributed by atoms with Gasteiger partial charge in [-0.05, 0) is 49.2 Å². The van der Waals surface area contributed by atoms with Gasteiger partial charge in [0, 0.05) is 38.3 Å². The molecule has 0 spiro atoms. The minimum Gasteiger partial charge on any atom is -0.376 e. The van der Waals surface area contributed by atoms with Crippen molar-refractivity contribution in [2.24, 2.45) is 0 Å². The molecule has 1 aromatic heterocycles. The number of ether oxygens (including phenoxy) is 1. The molecule has 0 bridgehead atoms. The average Bonchev–Trinajstić information content (AvgIpc) is 3.54. The molecule has 7 nitrogen and oxygen atoms in total. The molecule has 2 aromatic carbocycles. The first-order valence-electron chi connectivity index (χ1n) is 11.8. The molecule has 1 unspecified atom stereocenters. The molecular weight excluding hydrogens is 472 g/mol. The van der Waals surface area contributed by atoms with Crippen LogP contribution in [0, 0.1) is 11.6 Å². The Labute approximate surface area is 207 Å². The maximum Gasteiger partial charge on any atom is 0.233 e. The molecule has 10 heteroatoms. The summed E-state index contributed by atoms with van der Waals surface area (Å²) < 4.78 is 35.3. The third kappa shape index (κ3) is 5.48. The number of aromatic nitrogens is 3. The van der Waals surface area contributed by atoms with E-state index in [2.05, 4.69) is 10.2 Å². The van der Waals surface area contributed by atoms with Crippen LogP contribution in [0.4, 0.5) is 14.5 Å². The van der Waals surface area contributed by atoms with Gasteiger partial charge in [-0.15, -0.1) is 10.2 Å². The van der Waals surface area contributed by atoms with Crippen molar-refractivity contribution in [1.29, 1.82) is 0 Å². The molecule has 0 saturated carbocycles. The molecule has 2 aliphatic rings. The highest BCUT2D eigenvalue weighted by atomic mass is 32.2. The van der Waals surface area contributed by atoms with Crippen molar-refractivity contribution < 1.29 is 18.3 Å². The molecule has 184 valence electrons. The molecule has 3 aromatic rings. The van der Waals surface area contributed by atoms with Crippen LogP contribution in [-0.2, 0) is 16.1 Å². The number of anilines is 1.